The van der Waals surface area contributed by atoms with Gasteiger partial charge in [0.05, 0.1) is 0 Å². The van der Waals surface area contributed by atoms with E-state index in [0.29, 0.717) is 33.5 Å². The van der Waals surface area contributed by atoms with Gasteiger partial charge in [-0.1, -0.05) is 46.8 Å². The summed E-state index contributed by atoms with van der Waals surface area (Å²) < 4.78 is 5.81. The molecule has 5 saturated carbocycles. The molecule has 2 heteroatoms. The lowest BCUT2D eigenvalue weighted by molar-refractivity contribution is -0.165. The average Bonchev–Trinajstić information content (AvgIpc) is 3.38. The lowest BCUT2D eigenvalue weighted by Gasteiger charge is -2.62. The van der Waals surface area contributed by atoms with Crippen molar-refractivity contribution in [3.05, 3.63) is 12.2 Å². The van der Waals surface area contributed by atoms with Gasteiger partial charge < -0.3 is 4.74 Å². The minimum atomic E-state index is -0.0856. The predicted molar refractivity (Wildman–Crippen MR) is 145 cm³/mol. The first-order valence-electron chi connectivity index (χ1n) is 15.3. The number of hydrogen-bond acceptors (Lipinski definition) is 2. The van der Waals surface area contributed by atoms with Gasteiger partial charge in [0, 0.05) is 6.92 Å². The Kier molecular flexibility index (Phi) is 6.37. The fourth-order valence-electron chi connectivity index (χ4n) is 11.8. The van der Waals surface area contributed by atoms with Crippen molar-refractivity contribution in [2.45, 2.75) is 132 Å². The third kappa shape index (κ3) is 3.49. The molecular formula is C33H54O2. The molecular weight excluding hydrogens is 428 g/mol. The van der Waals surface area contributed by atoms with Gasteiger partial charge >= 0.3 is 5.97 Å². The molecule has 2 spiro atoms. The van der Waals surface area contributed by atoms with Gasteiger partial charge in [-0.25, -0.2) is 0 Å². The van der Waals surface area contributed by atoms with Crippen molar-refractivity contribution in [2.75, 3.05) is 0 Å². The summed E-state index contributed by atoms with van der Waals surface area (Å²) in [6, 6.07) is 0. The summed E-state index contributed by atoms with van der Waals surface area (Å²) in [6.07, 6.45) is 16.6. The molecule has 0 bridgehead atoms. The number of fused-ring (bicyclic) bond motifs is 2. The van der Waals surface area contributed by atoms with Crippen LogP contribution in [0.1, 0.15) is 126 Å². The molecule has 0 aromatic rings. The van der Waals surface area contributed by atoms with E-state index in [1.54, 1.807) is 6.92 Å². The van der Waals surface area contributed by atoms with Gasteiger partial charge in [0.1, 0.15) is 6.10 Å². The van der Waals surface area contributed by atoms with Crippen LogP contribution in [0.2, 0.25) is 0 Å². The third-order valence-corrected chi connectivity index (χ3v) is 13.9. The number of carbonyl (C=O) groups is 1. The predicted octanol–water partition coefficient (Wildman–Crippen LogP) is 8.99. The third-order valence-electron chi connectivity index (χ3n) is 13.9. The largest absolute Gasteiger partial charge is 0.462 e. The number of allylic oxidation sites excluding steroid dienone is 1. The fraction of sp³-hybridized carbons (Fsp3) is 0.909. The minimum absolute atomic E-state index is 0.0856. The molecule has 5 aliphatic rings. The van der Waals surface area contributed by atoms with Gasteiger partial charge in [0.2, 0.25) is 0 Å². The molecule has 0 heterocycles. The highest BCUT2D eigenvalue weighted by molar-refractivity contribution is 5.66. The molecule has 2 nitrogen and oxygen atoms in total. The van der Waals surface area contributed by atoms with Crippen molar-refractivity contribution >= 4 is 5.97 Å². The van der Waals surface area contributed by atoms with E-state index in [1.807, 2.05) is 0 Å². The smallest absolute Gasteiger partial charge is 0.302 e. The number of hydrogen-bond donors (Lipinski definition) is 0. The van der Waals surface area contributed by atoms with Gasteiger partial charge in [-0.2, -0.15) is 0 Å². The van der Waals surface area contributed by atoms with Crippen LogP contribution < -0.4 is 0 Å². The molecule has 0 radical (unpaired) electrons. The van der Waals surface area contributed by atoms with Crippen LogP contribution in [0, 0.1) is 57.2 Å². The van der Waals surface area contributed by atoms with Crippen LogP contribution in [-0.4, -0.2) is 12.1 Å². The summed E-state index contributed by atoms with van der Waals surface area (Å²) in [5, 5.41) is 0. The molecule has 35 heavy (non-hydrogen) atoms. The van der Waals surface area contributed by atoms with Crippen LogP contribution in [0.4, 0.5) is 0 Å². The Morgan fingerprint density at radius 2 is 1.71 bits per heavy atom. The Hall–Kier alpha value is -0.790. The fourth-order valence-corrected chi connectivity index (χ4v) is 11.8. The molecule has 0 amide bonds. The SMILES string of the molecule is C=C(C)[C@H](CC)CC[C@@H](C)[C@H]1CC[C@@]2(C)[C@@H]3CC[C@H]4[C@H](C)[C@@H](OC(C)=O)CC[C@@]45C[C@@]35CC[C@]12C. The zero-order valence-electron chi connectivity index (χ0n) is 24.1. The maximum absolute atomic E-state index is 11.7. The molecule has 0 aromatic carbocycles. The van der Waals surface area contributed by atoms with E-state index in [2.05, 4.69) is 48.1 Å². The summed E-state index contributed by atoms with van der Waals surface area (Å²) in [4.78, 5) is 11.7. The van der Waals surface area contributed by atoms with E-state index in [0.717, 1.165) is 30.1 Å². The molecule has 0 unspecified atom stereocenters. The molecule has 0 aromatic heterocycles. The van der Waals surface area contributed by atoms with Crippen LogP contribution in [0.5, 0.6) is 0 Å². The highest BCUT2D eigenvalue weighted by Crippen LogP contribution is 2.88. The van der Waals surface area contributed by atoms with Crippen LogP contribution in [0.25, 0.3) is 0 Å². The quantitative estimate of drug-likeness (QED) is 0.267. The second-order valence-electron chi connectivity index (χ2n) is 14.8. The molecule has 5 aliphatic carbocycles. The Morgan fingerprint density at radius 3 is 2.37 bits per heavy atom. The van der Waals surface area contributed by atoms with E-state index in [-0.39, 0.29) is 12.1 Å². The molecule has 5 fully saturated rings. The van der Waals surface area contributed by atoms with Crippen molar-refractivity contribution in [3.8, 4) is 0 Å². The minimum Gasteiger partial charge on any atom is -0.462 e. The van der Waals surface area contributed by atoms with E-state index < -0.39 is 0 Å². The van der Waals surface area contributed by atoms with E-state index in [9.17, 15) is 4.79 Å². The normalized spacial score (nSPS) is 49.6. The van der Waals surface area contributed by atoms with Gasteiger partial charge in [0.25, 0.3) is 0 Å². The van der Waals surface area contributed by atoms with Crippen LogP contribution >= 0.6 is 0 Å². The van der Waals surface area contributed by atoms with Crippen molar-refractivity contribution in [2.24, 2.45) is 57.2 Å². The van der Waals surface area contributed by atoms with Crippen molar-refractivity contribution in [1.82, 2.24) is 0 Å². The molecule has 0 N–H and O–H groups in total. The average molecular weight is 483 g/mol. The summed E-state index contributed by atoms with van der Waals surface area (Å²) >= 11 is 0. The maximum atomic E-state index is 11.7. The number of rotatable bonds is 7. The Labute approximate surface area is 216 Å². The standard InChI is InChI=1S/C33H54O2/c1-9-25(21(2)3)11-10-22(4)26-14-16-31(8)29-13-12-27-23(5)28(35-24(6)34)15-17-32(27)20-33(29,32)19-18-30(26,31)7/h22-23,25-29H,2,9-20H2,1,3-8H3/t22-,23+,25-,26-,27+,28+,29+,30-,31+,32-,33+/m1/s1. The summed E-state index contributed by atoms with van der Waals surface area (Å²) in [7, 11) is 0. The first kappa shape index (κ1) is 25.8. The Bertz CT molecular complexity index is 861. The maximum Gasteiger partial charge on any atom is 0.302 e. The van der Waals surface area contributed by atoms with Crippen LogP contribution in [0.3, 0.4) is 0 Å². The van der Waals surface area contributed by atoms with Crippen molar-refractivity contribution < 1.29 is 9.53 Å². The number of carbonyl (C=O) groups excluding carboxylic acids is 1. The number of ether oxygens (including phenoxy) is 1. The van der Waals surface area contributed by atoms with Gasteiger partial charge in [-0.3, -0.25) is 4.79 Å². The van der Waals surface area contributed by atoms with Gasteiger partial charge in [-0.15, -0.1) is 0 Å². The van der Waals surface area contributed by atoms with Crippen molar-refractivity contribution in [3.63, 3.8) is 0 Å². The molecule has 0 aliphatic heterocycles. The van der Waals surface area contributed by atoms with E-state index in [4.69, 9.17) is 4.74 Å². The van der Waals surface area contributed by atoms with Crippen LogP contribution in [-0.2, 0) is 9.53 Å². The molecule has 5 rings (SSSR count). The van der Waals surface area contributed by atoms with E-state index in [1.165, 1.54) is 76.2 Å². The highest BCUT2D eigenvalue weighted by Gasteiger charge is 2.81. The summed E-state index contributed by atoms with van der Waals surface area (Å²) in [5.41, 5.74) is 3.56. The van der Waals surface area contributed by atoms with Gasteiger partial charge in [0.15, 0.2) is 0 Å². The summed E-state index contributed by atoms with van der Waals surface area (Å²) in [5.74, 6) is 4.56. The highest BCUT2D eigenvalue weighted by atomic mass is 16.5. The second kappa shape index (κ2) is 8.62. The molecule has 0 saturated heterocycles. The van der Waals surface area contributed by atoms with E-state index >= 15 is 0 Å². The topological polar surface area (TPSA) is 26.3 Å². The first-order valence-corrected chi connectivity index (χ1v) is 15.3. The summed E-state index contributed by atoms with van der Waals surface area (Å²) in [6.45, 7) is 20.9. The number of esters is 1. The monoisotopic (exact) mass is 482 g/mol. The molecule has 11 atom stereocenters. The lowest BCUT2D eigenvalue weighted by atomic mass is 9.43. The first-order chi connectivity index (χ1) is 16.5. The molecule has 198 valence electrons. The van der Waals surface area contributed by atoms with Gasteiger partial charge in [-0.05, 0) is 141 Å². The van der Waals surface area contributed by atoms with Crippen LogP contribution in [0.15, 0.2) is 12.2 Å². The zero-order valence-corrected chi connectivity index (χ0v) is 24.1. The Morgan fingerprint density at radius 1 is 0.971 bits per heavy atom. The Balaban J connectivity index is 1.33. The zero-order chi connectivity index (χ0) is 25.4. The van der Waals surface area contributed by atoms with Crippen molar-refractivity contribution in [1.29, 1.82) is 0 Å². The lowest BCUT2D eigenvalue weighted by Crippen LogP contribution is -2.56. The second-order valence-corrected chi connectivity index (χ2v) is 14.8.